The molecule has 0 atom stereocenters. The molecule has 0 unspecified atom stereocenters. The first-order valence-corrected chi connectivity index (χ1v) is 9.52. The van der Waals surface area contributed by atoms with Crippen LogP contribution in [0.4, 0.5) is 5.82 Å². The molecule has 0 spiro atoms. The number of anilines is 1. The first kappa shape index (κ1) is 16.8. The highest BCUT2D eigenvalue weighted by Gasteiger charge is 2.13. The Morgan fingerprint density at radius 3 is 2.71 bits per heavy atom. The molecule has 1 aromatic heterocycles. The normalized spacial score (nSPS) is 14.0. The van der Waals surface area contributed by atoms with Crippen LogP contribution in [0.1, 0.15) is 34.3 Å². The Morgan fingerprint density at radius 2 is 2.04 bits per heavy atom. The van der Waals surface area contributed by atoms with Crippen LogP contribution in [-0.2, 0) is 6.54 Å². The average Bonchev–Trinajstić information content (AvgIpc) is 3.15. The number of amides is 1. The van der Waals surface area contributed by atoms with E-state index in [1.807, 2.05) is 49.7 Å². The Hall–Kier alpha value is -2.01. The molecule has 126 valence electrons. The van der Waals surface area contributed by atoms with E-state index in [2.05, 4.69) is 15.2 Å². The third kappa shape index (κ3) is 3.90. The zero-order valence-corrected chi connectivity index (χ0v) is 15.0. The van der Waals surface area contributed by atoms with Crippen molar-refractivity contribution in [2.24, 2.45) is 0 Å². The highest BCUT2D eigenvalue weighted by molar-refractivity contribution is 7.98. The summed E-state index contributed by atoms with van der Waals surface area (Å²) < 4.78 is 0. The Labute approximate surface area is 147 Å². The summed E-state index contributed by atoms with van der Waals surface area (Å²) in [7, 11) is 0. The van der Waals surface area contributed by atoms with Gasteiger partial charge in [-0.2, -0.15) is 0 Å². The van der Waals surface area contributed by atoms with E-state index < -0.39 is 0 Å². The predicted molar refractivity (Wildman–Crippen MR) is 99.8 cm³/mol. The predicted octanol–water partition coefficient (Wildman–Crippen LogP) is 3.64. The highest BCUT2D eigenvalue weighted by Crippen LogP contribution is 2.20. The molecule has 4 nitrogen and oxygen atoms in total. The molecule has 0 saturated carbocycles. The minimum atomic E-state index is -0.0352. The maximum atomic E-state index is 12.4. The van der Waals surface area contributed by atoms with Crippen LogP contribution in [0.15, 0.2) is 41.4 Å². The first-order chi connectivity index (χ1) is 11.7. The SMILES string of the molecule is CSc1ccc(C)c(C(=O)NCc2ccc(N3CCCC3)nc2)c1. The number of rotatable bonds is 5. The Bertz CT molecular complexity index is 709. The van der Waals surface area contributed by atoms with E-state index in [1.54, 1.807) is 11.8 Å². The topological polar surface area (TPSA) is 45.2 Å². The lowest BCUT2D eigenvalue weighted by Crippen LogP contribution is -2.24. The molecule has 1 amide bonds. The van der Waals surface area contributed by atoms with Crippen molar-refractivity contribution in [3.63, 3.8) is 0 Å². The summed E-state index contributed by atoms with van der Waals surface area (Å²) in [6.07, 6.45) is 6.36. The van der Waals surface area contributed by atoms with Crippen LogP contribution < -0.4 is 10.2 Å². The van der Waals surface area contributed by atoms with Crippen LogP contribution in [0.2, 0.25) is 0 Å². The summed E-state index contributed by atoms with van der Waals surface area (Å²) in [6.45, 7) is 4.64. The van der Waals surface area contributed by atoms with Crippen LogP contribution >= 0.6 is 11.8 Å². The van der Waals surface area contributed by atoms with Gasteiger partial charge in [-0.1, -0.05) is 12.1 Å². The molecule has 2 aromatic rings. The van der Waals surface area contributed by atoms with Gasteiger partial charge in [0.05, 0.1) is 0 Å². The zero-order valence-electron chi connectivity index (χ0n) is 14.2. The third-order valence-corrected chi connectivity index (χ3v) is 5.11. The average molecular weight is 341 g/mol. The molecular weight excluding hydrogens is 318 g/mol. The lowest BCUT2D eigenvalue weighted by Gasteiger charge is -2.16. The molecule has 1 N–H and O–H groups in total. The number of nitrogens with one attached hydrogen (secondary N) is 1. The van der Waals surface area contributed by atoms with Crippen molar-refractivity contribution in [1.82, 2.24) is 10.3 Å². The third-order valence-electron chi connectivity index (χ3n) is 4.38. The fraction of sp³-hybridized carbons (Fsp3) is 0.368. The van der Waals surface area contributed by atoms with Gasteiger partial charge in [-0.15, -0.1) is 11.8 Å². The largest absolute Gasteiger partial charge is 0.357 e. The van der Waals surface area contributed by atoms with Gasteiger partial charge in [-0.25, -0.2) is 4.98 Å². The smallest absolute Gasteiger partial charge is 0.251 e. The summed E-state index contributed by atoms with van der Waals surface area (Å²) in [5.74, 6) is 0.998. The number of carbonyl (C=O) groups excluding carboxylic acids is 1. The maximum Gasteiger partial charge on any atom is 0.251 e. The van der Waals surface area contributed by atoms with Gasteiger partial charge >= 0.3 is 0 Å². The van der Waals surface area contributed by atoms with Gasteiger partial charge in [0, 0.05) is 36.3 Å². The van der Waals surface area contributed by atoms with E-state index in [-0.39, 0.29) is 5.91 Å². The second-order valence-electron chi connectivity index (χ2n) is 6.08. The van der Waals surface area contributed by atoms with Crippen molar-refractivity contribution in [2.75, 3.05) is 24.2 Å². The van der Waals surface area contributed by atoms with Crippen LogP contribution in [0.25, 0.3) is 0 Å². The number of hydrogen-bond acceptors (Lipinski definition) is 4. The molecule has 1 aliphatic rings. The number of thioether (sulfide) groups is 1. The highest BCUT2D eigenvalue weighted by atomic mass is 32.2. The number of hydrogen-bond donors (Lipinski definition) is 1. The van der Waals surface area contributed by atoms with Crippen molar-refractivity contribution in [1.29, 1.82) is 0 Å². The van der Waals surface area contributed by atoms with Crippen LogP contribution in [0.3, 0.4) is 0 Å². The van der Waals surface area contributed by atoms with E-state index in [9.17, 15) is 4.79 Å². The van der Waals surface area contributed by atoms with Crippen molar-refractivity contribution in [3.8, 4) is 0 Å². The van der Waals surface area contributed by atoms with E-state index >= 15 is 0 Å². The Kier molecular flexibility index (Phi) is 5.41. The van der Waals surface area contributed by atoms with Crippen molar-refractivity contribution >= 4 is 23.5 Å². The van der Waals surface area contributed by atoms with E-state index in [0.29, 0.717) is 6.54 Å². The molecule has 1 saturated heterocycles. The Balaban J connectivity index is 1.61. The summed E-state index contributed by atoms with van der Waals surface area (Å²) in [4.78, 5) is 20.4. The number of carbonyl (C=O) groups is 1. The number of aryl methyl sites for hydroxylation is 1. The minimum absolute atomic E-state index is 0.0352. The number of nitrogens with zero attached hydrogens (tertiary/aromatic N) is 2. The van der Waals surface area contributed by atoms with Crippen molar-refractivity contribution < 1.29 is 4.79 Å². The summed E-state index contributed by atoms with van der Waals surface area (Å²) in [5, 5.41) is 2.99. The standard InChI is InChI=1S/C19H23N3OS/c1-14-5-7-16(24-2)11-17(14)19(23)21-13-15-6-8-18(20-12-15)22-9-3-4-10-22/h5-8,11-12H,3-4,9-10,13H2,1-2H3,(H,21,23). The Morgan fingerprint density at radius 1 is 1.25 bits per heavy atom. The molecule has 2 heterocycles. The molecule has 1 aliphatic heterocycles. The summed E-state index contributed by atoms with van der Waals surface area (Å²) >= 11 is 1.64. The molecule has 1 fully saturated rings. The van der Waals surface area contributed by atoms with Gasteiger partial charge in [0.1, 0.15) is 5.82 Å². The summed E-state index contributed by atoms with van der Waals surface area (Å²) in [6, 6.07) is 10.1. The molecule has 5 heteroatoms. The zero-order chi connectivity index (χ0) is 16.9. The number of benzene rings is 1. The van der Waals surface area contributed by atoms with Crippen LogP contribution in [0.5, 0.6) is 0 Å². The molecule has 3 rings (SSSR count). The quantitative estimate of drug-likeness (QED) is 0.843. The van der Waals surface area contributed by atoms with E-state index in [1.165, 1.54) is 12.8 Å². The summed E-state index contributed by atoms with van der Waals surface area (Å²) in [5.41, 5.74) is 2.75. The number of pyridine rings is 1. The molecule has 24 heavy (non-hydrogen) atoms. The molecule has 0 aliphatic carbocycles. The lowest BCUT2D eigenvalue weighted by atomic mass is 10.1. The van der Waals surface area contributed by atoms with Gasteiger partial charge < -0.3 is 10.2 Å². The van der Waals surface area contributed by atoms with Crippen LogP contribution in [0, 0.1) is 6.92 Å². The first-order valence-electron chi connectivity index (χ1n) is 8.30. The maximum absolute atomic E-state index is 12.4. The van der Waals surface area contributed by atoms with Gasteiger partial charge in [-0.3, -0.25) is 4.79 Å². The fourth-order valence-electron chi connectivity index (χ4n) is 2.90. The van der Waals surface area contributed by atoms with Gasteiger partial charge in [-0.05, 0) is 55.3 Å². The van der Waals surface area contributed by atoms with Crippen molar-refractivity contribution in [3.05, 3.63) is 53.2 Å². The monoisotopic (exact) mass is 341 g/mol. The number of aromatic nitrogens is 1. The van der Waals surface area contributed by atoms with Gasteiger partial charge in [0.2, 0.25) is 0 Å². The van der Waals surface area contributed by atoms with E-state index in [0.717, 1.165) is 40.5 Å². The van der Waals surface area contributed by atoms with E-state index in [4.69, 9.17) is 0 Å². The van der Waals surface area contributed by atoms with Gasteiger partial charge in [0.25, 0.3) is 5.91 Å². The van der Waals surface area contributed by atoms with Crippen molar-refractivity contribution in [2.45, 2.75) is 31.2 Å². The molecule has 1 aromatic carbocycles. The molecular formula is C19H23N3OS. The molecule has 0 radical (unpaired) electrons. The fourth-order valence-corrected chi connectivity index (χ4v) is 3.34. The lowest BCUT2D eigenvalue weighted by molar-refractivity contribution is 0.0950. The second-order valence-corrected chi connectivity index (χ2v) is 6.96. The second kappa shape index (κ2) is 7.71. The molecule has 0 bridgehead atoms. The van der Waals surface area contributed by atoms with Gasteiger partial charge in [0.15, 0.2) is 0 Å². The van der Waals surface area contributed by atoms with Crippen LogP contribution in [-0.4, -0.2) is 30.2 Å². The minimum Gasteiger partial charge on any atom is -0.357 e.